The summed E-state index contributed by atoms with van der Waals surface area (Å²) in [5.41, 5.74) is 5.46. The lowest BCUT2D eigenvalue weighted by Gasteiger charge is -2.30. The second-order valence-electron chi connectivity index (χ2n) is 5.71. The maximum atomic E-state index is 11.4. The minimum Gasteiger partial charge on any atom is -0.368 e. The van der Waals surface area contributed by atoms with Gasteiger partial charge in [0.05, 0.1) is 6.04 Å². The zero-order chi connectivity index (χ0) is 14.8. The molecule has 1 amide bonds. The summed E-state index contributed by atoms with van der Waals surface area (Å²) in [4.78, 5) is 13.9. The summed E-state index contributed by atoms with van der Waals surface area (Å²) in [5.74, 6) is -0.242. The standard InChI is InChI=1S/C15H33N3O/c1-6-8-10-18(13(5)7-2)11-9-14(15(16)19)17-12(3)4/h12-14,17H,6-11H2,1-5H3,(H2,16,19). The summed E-state index contributed by atoms with van der Waals surface area (Å²) < 4.78 is 0. The monoisotopic (exact) mass is 271 g/mol. The van der Waals surface area contributed by atoms with Crippen molar-refractivity contribution < 1.29 is 4.79 Å². The number of nitrogens with one attached hydrogen (secondary N) is 1. The summed E-state index contributed by atoms with van der Waals surface area (Å²) in [6.45, 7) is 12.8. The van der Waals surface area contributed by atoms with Gasteiger partial charge in [-0.3, -0.25) is 4.79 Å². The molecule has 114 valence electrons. The smallest absolute Gasteiger partial charge is 0.234 e. The van der Waals surface area contributed by atoms with Crippen molar-refractivity contribution in [3.63, 3.8) is 0 Å². The van der Waals surface area contributed by atoms with Crippen LogP contribution in [0.3, 0.4) is 0 Å². The predicted octanol–water partition coefficient (Wildman–Crippen LogP) is 2.13. The number of primary amides is 1. The van der Waals surface area contributed by atoms with Crippen molar-refractivity contribution >= 4 is 5.91 Å². The number of carbonyl (C=O) groups excluding carboxylic acids is 1. The van der Waals surface area contributed by atoms with Crippen LogP contribution in [0.25, 0.3) is 0 Å². The fraction of sp³-hybridized carbons (Fsp3) is 0.933. The molecule has 2 unspecified atom stereocenters. The van der Waals surface area contributed by atoms with Crippen molar-refractivity contribution in [2.75, 3.05) is 13.1 Å². The fourth-order valence-electron chi connectivity index (χ4n) is 2.18. The first-order chi connectivity index (χ1) is 8.92. The SMILES string of the molecule is CCCCN(CCC(NC(C)C)C(N)=O)C(C)CC. The Morgan fingerprint density at radius 2 is 1.84 bits per heavy atom. The Morgan fingerprint density at radius 3 is 2.26 bits per heavy atom. The zero-order valence-electron chi connectivity index (χ0n) is 13.4. The summed E-state index contributed by atoms with van der Waals surface area (Å²) in [6, 6.07) is 0.637. The van der Waals surface area contributed by atoms with Gasteiger partial charge in [0, 0.05) is 18.6 Å². The number of amides is 1. The van der Waals surface area contributed by atoms with Crippen LogP contribution in [0.15, 0.2) is 0 Å². The first-order valence-corrected chi connectivity index (χ1v) is 7.71. The van der Waals surface area contributed by atoms with Gasteiger partial charge in [0.2, 0.25) is 5.91 Å². The van der Waals surface area contributed by atoms with E-state index >= 15 is 0 Å². The highest BCUT2D eigenvalue weighted by atomic mass is 16.1. The Bertz CT molecular complexity index is 244. The maximum Gasteiger partial charge on any atom is 0.234 e. The van der Waals surface area contributed by atoms with Crippen LogP contribution in [0.4, 0.5) is 0 Å². The summed E-state index contributed by atoms with van der Waals surface area (Å²) >= 11 is 0. The number of unbranched alkanes of at least 4 members (excludes halogenated alkanes) is 1. The third-order valence-electron chi connectivity index (χ3n) is 3.60. The molecule has 0 aliphatic rings. The summed E-state index contributed by atoms with van der Waals surface area (Å²) in [7, 11) is 0. The van der Waals surface area contributed by atoms with Crippen molar-refractivity contribution in [3.05, 3.63) is 0 Å². The van der Waals surface area contributed by atoms with Crippen molar-refractivity contribution in [1.82, 2.24) is 10.2 Å². The van der Waals surface area contributed by atoms with Gasteiger partial charge >= 0.3 is 0 Å². The van der Waals surface area contributed by atoms with Crippen molar-refractivity contribution in [1.29, 1.82) is 0 Å². The molecule has 19 heavy (non-hydrogen) atoms. The van der Waals surface area contributed by atoms with Gasteiger partial charge in [-0.15, -0.1) is 0 Å². The van der Waals surface area contributed by atoms with Gasteiger partial charge in [-0.2, -0.15) is 0 Å². The molecule has 0 fully saturated rings. The van der Waals surface area contributed by atoms with Crippen LogP contribution in [0, 0.1) is 0 Å². The van der Waals surface area contributed by atoms with Gasteiger partial charge in [0.1, 0.15) is 0 Å². The van der Waals surface area contributed by atoms with Gasteiger partial charge in [0.25, 0.3) is 0 Å². The summed E-state index contributed by atoms with van der Waals surface area (Å²) in [6.07, 6.45) is 4.35. The molecule has 0 aliphatic carbocycles. The molecule has 0 aliphatic heterocycles. The van der Waals surface area contributed by atoms with Gasteiger partial charge < -0.3 is 16.0 Å². The molecule has 0 aromatic heterocycles. The van der Waals surface area contributed by atoms with E-state index in [1.54, 1.807) is 0 Å². The molecule has 4 heteroatoms. The van der Waals surface area contributed by atoms with E-state index in [9.17, 15) is 4.79 Å². The first kappa shape index (κ1) is 18.4. The number of nitrogens with two attached hydrogens (primary N) is 1. The van der Waals surface area contributed by atoms with Crippen LogP contribution in [0.5, 0.6) is 0 Å². The van der Waals surface area contributed by atoms with E-state index in [2.05, 4.69) is 31.0 Å². The maximum absolute atomic E-state index is 11.4. The Balaban J connectivity index is 4.35. The van der Waals surface area contributed by atoms with Crippen molar-refractivity contribution in [3.8, 4) is 0 Å². The molecule has 0 saturated heterocycles. The van der Waals surface area contributed by atoms with E-state index in [1.807, 2.05) is 13.8 Å². The minimum atomic E-state index is -0.242. The summed E-state index contributed by atoms with van der Waals surface area (Å²) in [5, 5.41) is 3.25. The Hall–Kier alpha value is -0.610. The molecule has 0 aromatic rings. The molecular formula is C15H33N3O. The predicted molar refractivity (Wildman–Crippen MR) is 82.1 cm³/mol. The number of rotatable bonds is 11. The molecule has 0 heterocycles. The lowest BCUT2D eigenvalue weighted by molar-refractivity contribution is -0.120. The van der Waals surface area contributed by atoms with Gasteiger partial charge in [-0.1, -0.05) is 34.1 Å². The average molecular weight is 271 g/mol. The normalized spacial score (nSPS) is 14.9. The van der Waals surface area contributed by atoms with Crippen LogP contribution in [-0.4, -0.2) is 42.0 Å². The Labute approximate surface area is 119 Å². The molecule has 4 nitrogen and oxygen atoms in total. The first-order valence-electron chi connectivity index (χ1n) is 7.71. The Kier molecular flexibility index (Phi) is 9.88. The van der Waals surface area contributed by atoms with Crippen molar-refractivity contribution in [2.24, 2.45) is 5.73 Å². The van der Waals surface area contributed by atoms with Crippen LogP contribution >= 0.6 is 0 Å². The molecule has 0 spiro atoms. The van der Waals surface area contributed by atoms with Crippen molar-refractivity contribution in [2.45, 2.75) is 78.4 Å². The lowest BCUT2D eigenvalue weighted by atomic mass is 10.1. The van der Waals surface area contributed by atoms with E-state index in [1.165, 1.54) is 12.8 Å². The third-order valence-corrected chi connectivity index (χ3v) is 3.60. The second kappa shape index (κ2) is 10.2. The number of hydrogen-bond acceptors (Lipinski definition) is 3. The van der Waals surface area contributed by atoms with Gasteiger partial charge in [-0.25, -0.2) is 0 Å². The molecule has 0 saturated carbocycles. The van der Waals surface area contributed by atoms with E-state index < -0.39 is 0 Å². The number of hydrogen-bond donors (Lipinski definition) is 2. The highest BCUT2D eigenvalue weighted by molar-refractivity contribution is 5.79. The largest absolute Gasteiger partial charge is 0.368 e. The van der Waals surface area contributed by atoms with Crippen LogP contribution in [0.1, 0.15) is 60.3 Å². The van der Waals surface area contributed by atoms with Crippen LogP contribution < -0.4 is 11.1 Å². The molecule has 2 atom stereocenters. The highest BCUT2D eigenvalue weighted by Gasteiger charge is 2.19. The molecule has 0 bridgehead atoms. The van der Waals surface area contributed by atoms with Crippen LogP contribution in [-0.2, 0) is 4.79 Å². The fourth-order valence-corrected chi connectivity index (χ4v) is 2.18. The van der Waals surface area contributed by atoms with E-state index in [-0.39, 0.29) is 18.0 Å². The van der Waals surface area contributed by atoms with Crippen LogP contribution in [0.2, 0.25) is 0 Å². The van der Waals surface area contributed by atoms with Gasteiger partial charge in [0.15, 0.2) is 0 Å². The molecule has 0 radical (unpaired) electrons. The van der Waals surface area contributed by atoms with Gasteiger partial charge in [-0.05, 0) is 32.7 Å². The minimum absolute atomic E-state index is 0.215. The van der Waals surface area contributed by atoms with E-state index in [0.29, 0.717) is 6.04 Å². The quantitative estimate of drug-likeness (QED) is 0.605. The molecular weight excluding hydrogens is 238 g/mol. The second-order valence-corrected chi connectivity index (χ2v) is 5.71. The third kappa shape index (κ3) is 8.22. The van der Waals surface area contributed by atoms with E-state index in [0.717, 1.165) is 25.9 Å². The van der Waals surface area contributed by atoms with E-state index in [4.69, 9.17) is 5.73 Å². The number of nitrogens with zero attached hydrogens (tertiary/aromatic N) is 1. The number of carbonyl (C=O) groups is 1. The topological polar surface area (TPSA) is 58.4 Å². The molecule has 3 N–H and O–H groups in total. The zero-order valence-corrected chi connectivity index (χ0v) is 13.4. The highest BCUT2D eigenvalue weighted by Crippen LogP contribution is 2.08. The Morgan fingerprint density at radius 1 is 1.21 bits per heavy atom. The molecule has 0 rings (SSSR count). The lowest BCUT2D eigenvalue weighted by Crippen LogP contribution is -2.47. The molecule has 0 aromatic carbocycles. The average Bonchev–Trinajstić information content (AvgIpc) is 2.35.